The SMILES string of the molecule is C=CCN(C(=O)OC(C)(C)C)/C(=N\C(=O)OC(C)(C)C)N(C(=O)OC(C)(C)C)C(C=C)c1ccccc1. The monoisotopic (exact) mass is 515 g/mol. The topological polar surface area (TPSA) is 97.7 Å². The van der Waals surface area contributed by atoms with Gasteiger partial charge in [0.25, 0.3) is 0 Å². The number of ether oxygens (including phenoxy) is 3. The summed E-state index contributed by atoms with van der Waals surface area (Å²) >= 11 is 0. The Morgan fingerprint density at radius 2 is 1.32 bits per heavy atom. The minimum absolute atomic E-state index is 0.130. The fraction of sp³-hybridized carbons (Fsp3) is 0.500. The zero-order chi connectivity index (χ0) is 28.6. The predicted molar refractivity (Wildman–Crippen MR) is 144 cm³/mol. The fourth-order valence-corrected chi connectivity index (χ4v) is 2.97. The Morgan fingerprint density at radius 3 is 1.76 bits per heavy atom. The van der Waals surface area contributed by atoms with Crippen LogP contribution in [0.5, 0.6) is 0 Å². The van der Waals surface area contributed by atoms with Crippen LogP contribution >= 0.6 is 0 Å². The first kappa shape index (κ1) is 31.4. The molecule has 0 fully saturated rings. The average molecular weight is 516 g/mol. The second-order valence-corrected chi connectivity index (χ2v) is 11.2. The molecular formula is C28H41N3O6. The van der Waals surface area contributed by atoms with Crippen LogP contribution in [0.15, 0.2) is 60.6 Å². The van der Waals surface area contributed by atoms with Gasteiger partial charge in [-0.15, -0.1) is 18.2 Å². The van der Waals surface area contributed by atoms with E-state index in [1.807, 2.05) is 6.07 Å². The highest BCUT2D eigenvalue weighted by Crippen LogP contribution is 2.27. The molecule has 0 saturated carbocycles. The molecule has 3 amide bonds. The van der Waals surface area contributed by atoms with E-state index in [2.05, 4.69) is 18.2 Å². The number of benzene rings is 1. The molecule has 1 atom stereocenters. The van der Waals surface area contributed by atoms with Crippen LogP contribution in [0.4, 0.5) is 14.4 Å². The van der Waals surface area contributed by atoms with Crippen LogP contribution in [-0.2, 0) is 14.2 Å². The van der Waals surface area contributed by atoms with Crippen LogP contribution in [0.2, 0.25) is 0 Å². The first-order valence-electron chi connectivity index (χ1n) is 12.0. The smallest absolute Gasteiger partial charge is 0.437 e. The molecule has 0 aliphatic heterocycles. The van der Waals surface area contributed by atoms with Crippen LogP contribution in [-0.4, -0.2) is 57.4 Å². The van der Waals surface area contributed by atoms with E-state index in [0.717, 1.165) is 9.80 Å². The van der Waals surface area contributed by atoms with Crippen molar-refractivity contribution >= 4 is 24.2 Å². The first-order valence-corrected chi connectivity index (χ1v) is 12.0. The van der Waals surface area contributed by atoms with Gasteiger partial charge in [0.15, 0.2) is 0 Å². The van der Waals surface area contributed by atoms with Gasteiger partial charge in [-0.05, 0) is 67.9 Å². The van der Waals surface area contributed by atoms with Crippen LogP contribution in [0.25, 0.3) is 0 Å². The van der Waals surface area contributed by atoms with Crippen LogP contribution in [0, 0.1) is 0 Å². The van der Waals surface area contributed by atoms with Gasteiger partial charge in [0.05, 0.1) is 6.04 Å². The molecule has 0 spiro atoms. The van der Waals surface area contributed by atoms with Gasteiger partial charge in [-0.1, -0.05) is 42.5 Å². The molecule has 0 aromatic heterocycles. The normalized spacial score (nSPS) is 13.2. The Morgan fingerprint density at radius 1 is 0.838 bits per heavy atom. The van der Waals surface area contributed by atoms with E-state index < -0.39 is 41.1 Å². The number of rotatable bonds is 5. The maximum Gasteiger partial charge on any atom is 0.437 e. The number of nitrogens with zero attached hydrogens (tertiary/aromatic N) is 3. The minimum Gasteiger partial charge on any atom is -0.443 e. The molecule has 0 heterocycles. The highest BCUT2D eigenvalue weighted by atomic mass is 16.6. The van der Waals surface area contributed by atoms with Crippen molar-refractivity contribution in [2.24, 2.45) is 4.99 Å². The van der Waals surface area contributed by atoms with Gasteiger partial charge in [0.2, 0.25) is 5.96 Å². The van der Waals surface area contributed by atoms with Crippen LogP contribution in [0.1, 0.15) is 73.9 Å². The van der Waals surface area contributed by atoms with Gasteiger partial charge in [-0.25, -0.2) is 24.2 Å². The highest BCUT2D eigenvalue weighted by Gasteiger charge is 2.38. The van der Waals surface area contributed by atoms with Crippen molar-refractivity contribution < 1.29 is 28.6 Å². The number of guanidine groups is 1. The number of amides is 3. The summed E-state index contributed by atoms with van der Waals surface area (Å²) in [5.41, 5.74) is -2.01. The Bertz CT molecular complexity index is 997. The molecule has 9 heteroatoms. The predicted octanol–water partition coefficient (Wildman–Crippen LogP) is 6.87. The van der Waals surface area contributed by atoms with Crippen molar-refractivity contribution in [1.82, 2.24) is 9.80 Å². The zero-order valence-corrected chi connectivity index (χ0v) is 23.5. The second-order valence-electron chi connectivity index (χ2n) is 11.2. The molecule has 1 aromatic rings. The molecule has 1 rings (SSSR count). The molecule has 37 heavy (non-hydrogen) atoms. The van der Waals surface area contributed by atoms with Gasteiger partial charge < -0.3 is 14.2 Å². The molecule has 0 radical (unpaired) electrons. The summed E-state index contributed by atoms with van der Waals surface area (Å²) < 4.78 is 16.6. The largest absolute Gasteiger partial charge is 0.443 e. The maximum absolute atomic E-state index is 13.7. The van der Waals surface area contributed by atoms with Gasteiger partial charge in [-0.2, -0.15) is 0 Å². The second kappa shape index (κ2) is 12.6. The van der Waals surface area contributed by atoms with E-state index in [4.69, 9.17) is 14.2 Å². The van der Waals surface area contributed by atoms with Gasteiger partial charge >= 0.3 is 18.3 Å². The highest BCUT2D eigenvalue weighted by molar-refractivity contribution is 6.05. The number of hydrogen-bond acceptors (Lipinski definition) is 6. The van der Waals surface area contributed by atoms with E-state index >= 15 is 0 Å². The van der Waals surface area contributed by atoms with Gasteiger partial charge in [0, 0.05) is 6.54 Å². The number of carbonyl (C=O) groups excluding carboxylic acids is 3. The number of carbonyl (C=O) groups is 3. The number of aliphatic imine (C=N–C) groups is 1. The summed E-state index contributed by atoms with van der Waals surface area (Å²) in [5, 5.41) is 0. The van der Waals surface area contributed by atoms with Crippen molar-refractivity contribution in [3.05, 3.63) is 61.2 Å². The molecule has 204 valence electrons. The fourth-order valence-electron chi connectivity index (χ4n) is 2.97. The lowest BCUT2D eigenvalue weighted by molar-refractivity contribution is 0.0257. The quantitative estimate of drug-likeness (QED) is 0.184. The minimum atomic E-state index is -1.01. The molecule has 0 aliphatic rings. The molecule has 9 nitrogen and oxygen atoms in total. The van der Waals surface area contributed by atoms with Gasteiger partial charge in [-0.3, -0.25) is 0 Å². The lowest BCUT2D eigenvalue weighted by Gasteiger charge is -2.36. The van der Waals surface area contributed by atoms with Gasteiger partial charge in [0.1, 0.15) is 16.8 Å². The molecule has 0 saturated heterocycles. The lowest BCUT2D eigenvalue weighted by atomic mass is 10.1. The summed E-state index contributed by atoms with van der Waals surface area (Å²) in [6.45, 7) is 22.7. The van der Waals surface area contributed by atoms with Crippen molar-refractivity contribution in [1.29, 1.82) is 0 Å². The summed E-state index contributed by atoms with van der Waals surface area (Å²) in [6.07, 6.45) is 0.197. The summed E-state index contributed by atoms with van der Waals surface area (Å²) in [4.78, 5) is 46.1. The molecule has 1 unspecified atom stereocenters. The van der Waals surface area contributed by atoms with E-state index in [-0.39, 0.29) is 12.5 Å². The van der Waals surface area contributed by atoms with Crippen molar-refractivity contribution in [3.8, 4) is 0 Å². The summed E-state index contributed by atoms with van der Waals surface area (Å²) in [5.74, 6) is -0.355. The molecule has 0 aliphatic carbocycles. The zero-order valence-electron chi connectivity index (χ0n) is 23.5. The maximum atomic E-state index is 13.7. The molecule has 1 aromatic carbocycles. The number of hydrogen-bond donors (Lipinski definition) is 0. The van der Waals surface area contributed by atoms with E-state index in [1.54, 1.807) is 86.6 Å². The Kier molecular flexibility index (Phi) is 10.7. The van der Waals surface area contributed by atoms with Crippen molar-refractivity contribution in [3.63, 3.8) is 0 Å². The average Bonchev–Trinajstić information content (AvgIpc) is 2.71. The Labute approximate surface area is 220 Å². The van der Waals surface area contributed by atoms with E-state index in [1.165, 1.54) is 12.2 Å². The first-order chi connectivity index (χ1) is 16.9. The Balaban J connectivity index is 3.92. The third kappa shape index (κ3) is 10.9. The van der Waals surface area contributed by atoms with Crippen molar-refractivity contribution in [2.45, 2.75) is 85.2 Å². The van der Waals surface area contributed by atoms with Crippen molar-refractivity contribution in [2.75, 3.05) is 6.54 Å². The van der Waals surface area contributed by atoms with E-state index in [9.17, 15) is 14.4 Å². The molecule has 0 N–H and O–H groups in total. The summed E-state index contributed by atoms with van der Waals surface area (Å²) in [6, 6.07) is 8.09. The summed E-state index contributed by atoms with van der Waals surface area (Å²) in [7, 11) is 0. The third-order valence-electron chi connectivity index (χ3n) is 4.20. The third-order valence-corrected chi connectivity index (χ3v) is 4.20. The molecule has 0 bridgehead atoms. The standard InChI is InChI=1S/C28H41N3O6/c1-12-19-30(24(33)36-27(6,7)8)22(29-23(32)35-26(3,4)5)31(25(34)37-28(9,10)11)21(13-2)20-17-15-14-16-18-20/h12-18,21H,1-2,19H2,3-11H3/b29-22+. The molecular weight excluding hydrogens is 474 g/mol. The van der Waals surface area contributed by atoms with E-state index in [0.29, 0.717) is 5.56 Å². The van der Waals surface area contributed by atoms with Crippen LogP contribution < -0.4 is 0 Å². The lowest BCUT2D eigenvalue weighted by Crippen LogP contribution is -2.53. The van der Waals surface area contributed by atoms with Crippen LogP contribution in [0.3, 0.4) is 0 Å². The Hall–Kier alpha value is -3.62.